The van der Waals surface area contributed by atoms with Crippen LogP contribution in [0.3, 0.4) is 0 Å². The van der Waals surface area contributed by atoms with Gasteiger partial charge in [-0.2, -0.15) is 0 Å². The van der Waals surface area contributed by atoms with Gasteiger partial charge in [-0.25, -0.2) is 0 Å². The van der Waals surface area contributed by atoms with Crippen LogP contribution in [-0.4, -0.2) is 40.1 Å². The molecule has 1 heterocycles. The molecule has 0 unspecified atom stereocenters. The second kappa shape index (κ2) is 6.45. The second-order valence-electron chi connectivity index (χ2n) is 4.41. The molecule has 6 nitrogen and oxygen atoms in total. The Balaban J connectivity index is 2.06. The number of carbonyl (C=O) groups is 3. The number of hydrogen-bond donors (Lipinski definition) is 2. The number of phenols is 1. The SMILES string of the molecule is CC(=O)NCCN1C(=O)S/C(=C/c2ccc(O)cc2)C1=O. The topological polar surface area (TPSA) is 86.7 Å². The Bertz CT molecular complexity index is 610. The zero-order chi connectivity index (χ0) is 15.4. The van der Waals surface area contributed by atoms with Gasteiger partial charge in [0.25, 0.3) is 11.1 Å². The molecule has 3 amide bonds. The molecule has 2 N–H and O–H groups in total. The van der Waals surface area contributed by atoms with Gasteiger partial charge in [0.15, 0.2) is 0 Å². The van der Waals surface area contributed by atoms with Crippen molar-refractivity contribution < 1.29 is 19.5 Å². The molecule has 0 saturated carbocycles. The first-order valence-corrected chi connectivity index (χ1v) is 7.08. The fraction of sp³-hybridized carbons (Fsp3) is 0.214. The van der Waals surface area contributed by atoms with Crippen LogP contribution in [-0.2, 0) is 9.59 Å². The summed E-state index contributed by atoms with van der Waals surface area (Å²) in [6, 6.07) is 6.32. The van der Waals surface area contributed by atoms with Crippen molar-refractivity contribution in [1.29, 1.82) is 0 Å². The number of imide groups is 1. The summed E-state index contributed by atoms with van der Waals surface area (Å²) in [7, 11) is 0. The van der Waals surface area contributed by atoms with Crippen LogP contribution >= 0.6 is 11.8 Å². The van der Waals surface area contributed by atoms with E-state index >= 15 is 0 Å². The highest BCUT2D eigenvalue weighted by atomic mass is 32.2. The molecular formula is C14H14N2O4S. The van der Waals surface area contributed by atoms with Crippen LogP contribution in [0.1, 0.15) is 12.5 Å². The molecule has 0 bridgehead atoms. The van der Waals surface area contributed by atoms with Crippen LogP contribution in [0.15, 0.2) is 29.2 Å². The molecule has 1 aliphatic rings. The van der Waals surface area contributed by atoms with Gasteiger partial charge in [0.05, 0.1) is 4.91 Å². The molecule has 1 aromatic rings. The summed E-state index contributed by atoms with van der Waals surface area (Å²) >= 11 is 0.863. The number of phenolic OH excluding ortho intramolecular Hbond substituents is 1. The van der Waals surface area contributed by atoms with Gasteiger partial charge in [-0.3, -0.25) is 19.3 Å². The van der Waals surface area contributed by atoms with E-state index in [1.165, 1.54) is 19.1 Å². The molecule has 21 heavy (non-hydrogen) atoms. The van der Waals surface area contributed by atoms with E-state index in [9.17, 15) is 19.5 Å². The first-order valence-electron chi connectivity index (χ1n) is 6.26. The summed E-state index contributed by atoms with van der Waals surface area (Å²) in [5.74, 6) is -0.444. The molecule has 2 rings (SSSR count). The van der Waals surface area contributed by atoms with Gasteiger partial charge in [0.1, 0.15) is 5.75 Å². The molecule has 7 heteroatoms. The number of benzene rings is 1. The average molecular weight is 306 g/mol. The molecule has 1 fully saturated rings. The lowest BCUT2D eigenvalue weighted by molar-refractivity contribution is -0.123. The predicted molar refractivity (Wildman–Crippen MR) is 79.5 cm³/mol. The Hall–Kier alpha value is -2.28. The highest BCUT2D eigenvalue weighted by Gasteiger charge is 2.34. The first-order chi connectivity index (χ1) is 9.97. The van der Waals surface area contributed by atoms with E-state index in [2.05, 4.69) is 5.32 Å². The van der Waals surface area contributed by atoms with Crippen LogP contribution in [0.4, 0.5) is 4.79 Å². The molecule has 0 radical (unpaired) electrons. The van der Waals surface area contributed by atoms with E-state index in [4.69, 9.17) is 0 Å². The molecule has 1 aromatic carbocycles. The Kier molecular flexibility index (Phi) is 4.64. The standard InChI is InChI=1S/C14H14N2O4S/c1-9(17)15-6-7-16-13(19)12(21-14(16)20)8-10-2-4-11(18)5-3-10/h2-5,8,18H,6-7H2,1H3,(H,15,17)/b12-8+. The minimum atomic E-state index is -0.372. The molecule has 110 valence electrons. The summed E-state index contributed by atoms with van der Waals surface area (Å²) < 4.78 is 0. The maximum absolute atomic E-state index is 12.1. The van der Waals surface area contributed by atoms with Gasteiger partial charge in [-0.05, 0) is 35.5 Å². The Morgan fingerprint density at radius 1 is 1.33 bits per heavy atom. The minimum absolute atomic E-state index is 0.135. The van der Waals surface area contributed by atoms with Gasteiger partial charge < -0.3 is 10.4 Å². The second-order valence-corrected chi connectivity index (χ2v) is 5.40. The number of nitrogens with zero attached hydrogens (tertiary/aromatic N) is 1. The number of rotatable bonds is 4. The van der Waals surface area contributed by atoms with Gasteiger partial charge in [-0.1, -0.05) is 12.1 Å². The van der Waals surface area contributed by atoms with Crippen LogP contribution in [0, 0.1) is 0 Å². The van der Waals surface area contributed by atoms with E-state index in [-0.39, 0.29) is 35.9 Å². The van der Waals surface area contributed by atoms with Crippen LogP contribution in [0.2, 0.25) is 0 Å². The van der Waals surface area contributed by atoms with Crippen molar-refractivity contribution in [2.45, 2.75) is 6.92 Å². The van der Waals surface area contributed by atoms with Crippen molar-refractivity contribution in [3.63, 3.8) is 0 Å². The highest BCUT2D eigenvalue weighted by Crippen LogP contribution is 2.32. The average Bonchev–Trinajstić information content (AvgIpc) is 2.68. The number of hydrogen-bond acceptors (Lipinski definition) is 5. The highest BCUT2D eigenvalue weighted by molar-refractivity contribution is 8.18. The van der Waals surface area contributed by atoms with Crippen molar-refractivity contribution in [2.24, 2.45) is 0 Å². The number of amides is 3. The third-order valence-corrected chi connectivity index (χ3v) is 3.68. The van der Waals surface area contributed by atoms with Gasteiger partial charge in [-0.15, -0.1) is 0 Å². The lowest BCUT2D eigenvalue weighted by atomic mass is 10.2. The molecule has 1 saturated heterocycles. The lowest BCUT2D eigenvalue weighted by Crippen LogP contribution is -2.36. The van der Waals surface area contributed by atoms with Crippen LogP contribution in [0.25, 0.3) is 6.08 Å². The van der Waals surface area contributed by atoms with E-state index in [1.807, 2.05) is 0 Å². The van der Waals surface area contributed by atoms with E-state index in [0.29, 0.717) is 4.91 Å². The molecular weight excluding hydrogens is 292 g/mol. The fourth-order valence-electron chi connectivity index (χ4n) is 1.76. The minimum Gasteiger partial charge on any atom is -0.508 e. The Morgan fingerprint density at radius 2 is 2.00 bits per heavy atom. The predicted octanol–water partition coefficient (Wildman–Crippen LogP) is 1.56. The zero-order valence-electron chi connectivity index (χ0n) is 11.3. The van der Waals surface area contributed by atoms with Crippen molar-refractivity contribution in [3.05, 3.63) is 34.7 Å². The Labute approximate surface area is 125 Å². The quantitative estimate of drug-likeness (QED) is 0.825. The summed E-state index contributed by atoms with van der Waals surface area (Å²) in [4.78, 5) is 36.1. The first kappa shape index (κ1) is 15.1. The number of nitrogens with one attached hydrogen (secondary N) is 1. The third-order valence-electron chi connectivity index (χ3n) is 2.77. The maximum Gasteiger partial charge on any atom is 0.293 e. The zero-order valence-corrected chi connectivity index (χ0v) is 12.1. The van der Waals surface area contributed by atoms with Crippen molar-refractivity contribution >= 4 is 34.9 Å². The van der Waals surface area contributed by atoms with E-state index < -0.39 is 0 Å². The summed E-state index contributed by atoms with van der Waals surface area (Å²) in [5, 5.41) is 11.4. The molecule has 0 atom stereocenters. The van der Waals surface area contributed by atoms with Crippen molar-refractivity contribution in [2.75, 3.05) is 13.1 Å². The van der Waals surface area contributed by atoms with E-state index in [1.54, 1.807) is 18.2 Å². The van der Waals surface area contributed by atoms with Crippen LogP contribution in [0.5, 0.6) is 5.75 Å². The normalized spacial score (nSPS) is 16.6. The molecule has 0 spiro atoms. The summed E-state index contributed by atoms with van der Waals surface area (Å²) in [6.07, 6.45) is 1.60. The maximum atomic E-state index is 12.1. The van der Waals surface area contributed by atoms with Gasteiger partial charge in [0, 0.05) is 20.0 Å². The lowest BCUT2D eigenvalue weighted by Gasteiger charge is -2.12. The smallest absolute Gasteiger partial charge is 0.293 e. The van der Waals surface area contributed by atoms with Gasteiger partial charge in [0.2, 0.25) is 5.91 Å². The van der Waals surface area contributed by atoms with Crippen LogP contribution < -0.4 is 5.32 Å². The Morgan fingerprint density at radius 3 is 2.62 bits per heavy atom. The van der Waals surface area contributed by atoms with E-state index in [0.717, 1.165) is 22.2 Å². The van der Waals surface area contributed by atoms with Crippen molar-refractivity contribution in [1.82, 2.24) is 10.2 Å². The molecule has 1 aliphatic heterocycles. The largest absolute Gasteiger partial charge is 0.508 e. The molecule has 0 aromatic heterocycles. The fourth-order valence-corrected chi connectivity index (χ4v) is 2.62. The monoisotopic (exact) mass is 306 g/mol. The van der Waals surface area contributed by atoms with Gasteiger partial charge >= 0.3 is 0 Å². The third kappa shape index (κ3) is 3.85. The summed E-state index contributed by atoms with van der Waals surface area (Å²) in [5.41, 5.74) is 0.722. The number of thioether (sulfide) groups is 1. The number of carbonyl (C=O) groups excluding carboxylic acids is 3. The van der Waals surface area contributed by atoms with Crippen molar-refractivity contribution in [3.8, 4) is 5.75 Å². The molecule has 0 aliphatic carbocycles. The number of aromatic hydroxyl groups is 1. The summed E-state index contributed by atoms with van der Waals surface area (Å²) in [6.45, 7) is 1.76.